The minimum atomic E-state index is -1.82. The van der Waals surface area contributed by atoms with Crippen molar-refractivity contribution in [3.8, 4) is 11.5 Å². The molecule has 0 radical (unpaired) electrons. The molecule has 2 aromatic carbocycles. The molecule has 4 rings (SSSR count). The molecule has 204 valence electrons. The molecule has 9 heteroatoms. The van der Waals surface area contributed by atoms with Crippen LogP contribution in [0.1, 0.15) is 50.2 Å². The summed E-state index contributed by atoms with van der Waals surface area (Å²) < 4.78 is 16.8. The SMILES string of the molecule is CCOC(=O)CCC1CCN(CCC=C2c3ccccc3OCOc3ccccc32)CC1.O=C(O)C(=O)O. The maximum absolute atomic E-state index is 11.6. The number of para-hydroxylation sites is 2. The zero-order valence-corrected chi connectivity index (χ0v) is 21.6. The van der Waals surface area contributed by atoms with Gasteiger partial charge in [-0.25, -0.2) is 9.59 Å². The largest absolute Gasteiger partial charge is 0.473 e. The predicted octanol–water partition coefficient (Wildman–Crippen LogP) is 4.45. The van der Waals surface area contributed by atoms with Crippen molar-refractivity contribution in [2.24, 2.45) is 5.92 Å². The molecular weight excluding hydrogens is 490 g/mol. The molecule has 0 amide bonds. The van der Waals surface area contributed by atoms with Crippen molar-refractivity contribution in [2.45, 2.75) is 39.0 Å². The number of carboxylic acids is 2. The summed E-state index contributed by atoms with van der Waals surface area (Å²) in [4.78, 5) is 32.3. The highest BCUT2D eigenvalue weighted by Gasteiger charge is 2.21. The molecule has 38 heavy (non-hydrogen) atoms. The lowest BCUT2D eigenvalue weighted by molar-refractivity contribution is -0.159. The molecule has 0 unspecified atom stereocenters. The summed E-state index contributed by atoms with van der Waals surface area (Å²) in [5, 5.41) is 14.8. The number of fused-ring (bicyclic) bond motifs is 2. The number of likely N-dealkylation sites (tertiary alicyclic amines) is 1. The maximum Gasteiger partial charge on any atom is 0.414 e. The second-order valence-corrected chi connectivity index (χ2v) is 9.04. The van der Waals surface area contributed by atoms with E-state index in [0.29, 0.717) is 18.9 Å². The summed E-state index contributed by atoms with van der Waals surface area (Å²) in [5.41, 5.74) is 3.39. The first-order valence-electron chi connectivity index (χ1n) is 12.9. The second kappa shape index (κ2) is 14.8. The third-order valence-corrected chi connectivity index (χ3v) is 6.53. The van der Waals surface area contributed by atoms with Crippen molar-refractivity contribution >= 4 is 23.5 Å². The van der Waals surface area contributed by atoms with Gasteiger partial charge >= 0.3 is 17.9 Å². The molecule has 1 fully saturated rings. The van der Waals surface area contributed by atoms with Gasteiger partial charge < -0.3 is 29.3 Å². The molecule has 0 atom stereocenters. The third kappa shape index (κ3) is 8.62. The molecule has 0 aromatic heterocycles. The number of hydrogen-bond acceptors (Lipinski definition) is 7. The number of piperidine rings is 1. The van der Waals surface area contributed by atoms with E-state index in [4.69, 9.17) is 34.0 Å². The Morgan fingerprint density at radius 2 is 1.50 bits per heavy atom. The Hall–Kier alpha value is -3.85. The molecule has 2 aliphatic rings. The van der Waals surface area contributed by atoms with E-state index in [9.17, 15) is 4.79 Å². The lowest BCUT2D eigenvalue weighted by atomic mass is 9.92. The van der Waals surface area contributed by atoms with E-state index >= 15 is 0 Å². The summed E-state index contributed by atoms with van der Waals surface area (Å²) in [6.07, 6.45) is 7.10. The second-order valence-electron chi connectivity index (χ2n) is 9.04. The van der Waals surface area contributed by atoms with Gasteiger partial charge in [0.15, 0.2) is 0 Å². The van der Waals surface area contributed by atoms with Crippen LogP contribution in [0.5, 0.6) is 11.5 Å². The molecule has 0 saturated carbocycles. The van der Waals surface area contributed by atoms with Crippen molar-refractivity contribution in [1.29, 1.82) is 0 Å². The van der Waals surface area contributed by atoms with Crippen LogP contribution in [0.4, 0.5) is 0 Å². The monoisotopic (exact) mass is 525 g/mol. The summed E-state index contributed by atoms with van der Waals surface area (Å²) in [7, 11) is 0. The minimum absolute atomic E-state index is 0.0609. The van der Waals surface area contributed by atoms with E-state index < -0.39 is 11.9 Å². The Labute approximate surface area is 222 Å². The number of benzene rings is 2. The Morgan fingerprint density at radius 1 is 0.947 bits per heavy atom. The Balaban J connectivity index is 0.000000599. The van der Waals surface area contributed by atoms with E-state index in [1.807, 2.05) is 31.2 Å². The number of carbonyl (C=O) groups excluding carboxylic acids is 1. The average molecular weight is 526 g/mol. The zero-order chi connectivity index (χ0) is 27.3. The normalized spacial score (nSPS) is 15.1. The van der Waals surface area contributed by atoms with Crippen molar-refractivity contribution < 1.29 is 38.8 Å². The quantitative estimate of drug-likeness (QED) is 0.399. The summed E-state index contributed by atoms with van der Waals surface area (Å²) in [6, 6.07) is 16.4. The zero-order valence-electron chi connectivity index (χ0n) is 21.6. The number of carboxylic acid groups (broad SMARTS) is 2. The van der Waals surface area contributed by atoms with Crippen molar-refractivity contribution in [2.75, 3.05) is 33.0 Å². The van der Waals surface area contributed by atoms with Crippen molar-refractivity contribution in [3.05, 3.63) is 65.7 Å². The van der Waals surface area contributed by atoms with Gasteiger partial charge in [-0.15, -0.1) is 0 Å². The fourth-order valence-electron chi connectivity index (χ4n) is 4.60. The van der Waals surface area contributed by atoms with Gasteiger partial charge in [0.25, 0.3) is 0 Å². The summed E-state index contributed by atoms with van der Waals surface area (Å²) in [6.45, 7) is 5.76. The highest BCUT2D eigenvalue weighted by Crippen LogP contribution is 2.37. The van der Waals surface area contributed by atoms with Crippen molar-refractivity contribution in [1.82, 2.24) is 4.90 Å². The lowest BCUT2D eigenvalue weighted by Gasteiger charge is -2.31. The number of nitrogens with zero attached hydrogens (tertiary/aromatic N) is 1. The first-order chi connectivity index (χ1) is 18.4. The van der Waals surface area contributed by atoms with Crippen LogP contribution < -0.4 is 9.47 Å². The average Bonchev–Trinajstić information content (AvgIpc) is 2.91. The van der Waals surface area contributed by atoms with Gasteiger partial charge in [0.1, 0.15) is 11.5 Å². The predicted molar refractivity (Wildman–Crippen MR) is 141 cm³/mol. The maximum atomic E-state index is 11.6. The number of rotatable bonds is 7. The molecular formula is C29H35NO8. The number of carbonyl (C=O) groups is 3. The van der Waals surface area contributed by atoms with E-state index in [2.05, 4.69) is 35.2 Å². The first kappa shape index (κ1) is 28.7. The first-order valence-corrected chi connectivity index (χ1v) is 12.9. The number of esters is 1. The van der Waals surface area contributed by atoms with Crippen molar-refractivity contribution in [3.63, 3.8) is 0 Å². The fraction of sp³-hybridized carbons (Fsp3) is 0.414. The Morgan fingerprint density at radius 3 is 2.03 bits per heavy atom. The van der Waals surface area contributed by atoms with Gasteiger partial charge in [-0.2, -0.15) is 0 Å². The van der Waals surface area contributed by atoms with Crippen LogP contribution in [-0.2, 0) is 19.1 Å². The lowest BCUT2D eigenvalue weighted by Crippen LogP contribution is -2.34. The number of ether oxygens (including phenoxy) is 3. The smallest absolute Gasteiger partial charge is 0.414 e. The van der Waals surface area contributed by atoms with Crippen LogP contribution in [0.3, 0.4) is 0 Å². The third-order valence-electron chi connectivity index (χ3n) is 6.53. The molecule has 2 aromatic rings. The summed E-state index contributed by atoms with van der Waals surface area (Å²) >= 11 is 0. The molecule has 9 nitrogen and oxygen atoms in total. The molecule has 0 aliphatic carbocycles. The Kier molecular flexibility index (Phi) is 11.2. The molecule has 1 saturated heterocycles. The van der Waals surface area contributed by atoms with Crippen LogP contribution in [-0.4, -0.2) is 66.1 Å². The van der Waals surface area contributed by atoms with Gasteiger partial charge in [-0.3, -0.25) is 4.79 Å². The summed E-state index contributed by atoms with van der Waals surface area (Å²) in [5.74, 6) is -1.36. The van der Waals surface area contributed by atoms with Gasteiger partial charge in [0.05, 0.1) is 6.61 Å². The fourth-order valence-corrected chi connectivity index (χ4v) is 4.60. The number of hydrogen-bond donors (Lipinski definition) is 2. The van der Waals surface area contributed by atoms with Crippen LogP contribution >= 0.6 is 0 Å². The topological polar surface area (TPSA) is 123 Å². The molecule has 0 bridgehead atoms. The van der Waals surface area contributed by atoms with E-state index in [-0.39, 0.29) is 12.8 Å². The highest BCUT2D eigenvalue weighted by atomic mass is 16.7. The van der Waals surface area contributed by atoms with E-state index in [1.54, 1.807) is 0 Å². The standard InChI is InChI=1S/C27H33NO4.C2H2O4/c1-2-30-27(29)14-13-21-15-18-28(19-16-21)17-7-10-22-23-8-3-5-11-25(23)31-20-32-26-12-6-4-9-24(22)26;3-1(4)2(5)6/h3-6,8-12,21H,2,7,13-20H2,1H3;(H,3,4)(H,5,6). The van der Waals surface area contributed by atoms with Gasteiger partial charge in [0.2, 0.25) is 6.79 Å². The van der Waals surface area contributed by atoms with Gasteiger partial charge in [-0.05, 0) is 69.3 Å². The van der Waals surface area contributed by atoms with Gasteiger partial charge in [0, 0.05) is 24.1 Å². The van der Waals surface area contributed by atoms with Gasteiger partial charge in [-0.1, -0.05) is 42.5 Å². The Bertz CT molecular complexity index is 1060. The highest BCUT2D eigenvalue weighted by molar-refractivity contribution is 6.27. The molecule has 2 aliphatic heterocycles. The van der Waals surface area contributed by atoms with Crippen LogP contribution in [0, 0.1) is 5.92 Å². The van der Waals surface area contributed by atoms with Crippen LogP contribution in [0.15, 0.2) is 54.6 Å². The number of aliphatic carboxylic acids is 2. The van der Waals surface area contributed by atoms with Crippen LogP contribution in [0.2, 0.25) is 0 Å². The van der Waals surface area contributed by atoms with E-state index in [0.717, 1.165) is 67.9 Å². The minimum Gasteiger partial charge on any atom is -0.473 e. The molecule has 0 spiro atoms. The van der Waals surface area contributed by atoms with Crippen LogP contribution in [0.25, 0.3) is 5.57 Å². The van der Waals surface area contributed by atoms with E-state index in [1.165, 1.54) is 5.57 Å². The molecule has 2 heterocycles. The molecule has 2 N–H and O–H groups in total.